The van der Waals surface area contributed by atoms with Gasteiger partial charge in [0.2, 0.25) is 0 Å². The van der Waals surface area contributed by atoms with Crippen molar-refractivity contribution < 1.29 is 5.11 Å². The molecule has 0 bridgehead atoms. The SMILES string of the molecule is Nc1n[nH]c2c(C#CCO)cc(-c3ccnc4[nH]ccc34)cc12. The molecule has 0 unspecified atom stereocenters. The Labute approximate surface area is 131 Å². The van der Waals surface area contributed by atoms with Gasteiger partial charge in [-0.2, -0.15) is 5.10 Å². The molecule has 0 fully saturated rings. The van der Waals surface area contributed by atoms with Crippen molar-refractivity contribution in [2.45, 2.75) is 0 Å². The van der Waals surface area contributed by atoms with Gasteiger partial charge in [-0.1, -0.05) is 11.8 Å². The van der Waals surface area contributed by atoms with E-state index in [2.05, 4.69) is 32.0 Å². The summed E-state index contributed by atoms with van der Waals surface area (Å²) < 4.78 is 0. The van der Waals surface area contributed by atoms with E-state index in [1.165, 1.54) is 0 Å². The molecule has 6 heteroatoms. The number of nitrogens with zero attached hydrogens (tertiary/aromatic N) is 2. The topological polar surface area (TPSA) is 104 Å². The van der Waals surface area contributed by atoms with Crippen LogP contribution in [0, 0.1) is 11.8 Å². The van der Waals surface area contributed by atoms with Gasteiger partial charge in [-0.05, 0) is 35.4 Å². The first-order valence-corrected chi connectivity index (χ1v) is 7.07. The molecule has 6 nitrogen and oxygen atoms in total. The number of benzene rings is 1. The van der Waals surface area contributed by atoms with Crippen LogP contribution in [0.15, 0.2) is 36.7 Å². The van der Waals surface area contributed by atoms with Crippen molar-refractivity contribution in [3.05, 3.63) is 42.2 Å². The third kappa shape index (κ3) is 2.11. The van der Waals surface area contributed by atoms with Gasteiger partial charge in [-0.25, -0.2) is 4.98 Å². The minimum Gasteiger partial charge on any atom is -0.384 e. The second-order valence-corrected chi connectivity index (χ2v) is 5.11. The highest BCUT2D eigenvalue weighted by Crippen LogP contribution is 2.32. The zero-order valence-electron chi connectivity index (χ0n) is 12.1. The van der Waals surface area contributed by atoms with Gasteiger partial charge in [0.25, 0.3) is 0 Å². The van der Waals surface area contributed by atoms with E-state index in [4.69, 9.17) is 10.8 Å². The van der Waals surface area contributed by atoms with E-state index >= 15 is 0 Å². The maximum absolute atomic E-state index is 8.97. The summed E-state index contributed by atoms with van der Waals surface area (Å²) in [5, 5.41) is 17.8. The molecular formula is C17H13N5O. The second-order valence-electron chi connectivity index (χ2n) is 5.11. The van der Waals surface area contributed by atoms with E-state index in [0.717, 1.165) is 38.6 Å². The summed E-state index contributed by atoms with van der Waals surface area (Å²) in [5.74, 6) is 6.05. The molecule has 1 aromatic carbocycles. The van der Waals surface area contributed by atoms with Crippen LogP contribution in [0.25, 0.3) is 33.1 Å². The summed E-state index contributed by atoms with van der Waals surface area (Å²) in [5.41, 5.74) is 10.3. The minimum atomic E-state index is -0.202. The normalized spacial score (nSPS) is 10.8. The molecular weight excluding hydrogens is 290 g/mol. The number of rotatable bonds is 1. The van der Waals surface area contributed by atoms with Crippen molar-refractivity contribution in [2.24, 2.45) is 0 Å². The van der Waals surface area contributed by atoms with Crippen LogP contribution in [-0.4, -0.2) is 31.9 Å². The first-order chi connectivity index (χ1) is 11.3. The van der Waals surface area contributed by atoms with Crippen LogP contribution in [0.4, 0.5) is 5.82 Å². The van der Waals surface area contributed by atoms with Crippen LogP contribution in [0.5, 0.6) is 0 Å². The largest absolute Gasteiger partial charge is 0.384 e. The van der Waals surface area contributed by atoms with E-state index in [-0.39, 0.29) is 6.61 Å². The Morgan fingerprint density at radius 3 is 3.00 bits per heavy atom. The van der Waals surface area contributed by atoms with Gasteiger partial charge in [0.1, 0.15) is 12.3 Å². The monoisotopic (exact) mass is 303 g/mol. The molecule has 0 aliphatic rings. The number of nitrogen functional groups attached to an aromatic ring is 1. The zero-order valence-corrected chi connectivity index (χ0v) is 12.1. The maximum atomic E-state index is 8.97. The summed E-state index contributed by atoms with van der Waals surface area (Å²) in [4.78, 5) is 7.42. The predicted molar refractivity (Wildman–Crippen MR) is 89.6 cm³/mol. The van der Waals surface area contributed by atoms with Crippen molar-refractivity contribution in [1.82, 2.24) is 20.2 Å². The highest BCUT2D eigenvalue weighted by atomic mass is 16.2. The third-order valence-electron chi connectivity index (χ3n) is 3.78. The maximum Gasteiger partial charge on any atom is 0.153 e. The van der Waals surface area contributed by atoms with E-state index < -0.39 is 0 Å². The lowest BCUT2D eigenvalue weighted by atomic mass is 9.99. The number of hydrogen-bond acceptors (Lipinski definition) is 4. The zero-order chi connectivity index (χ0) is 15.8. The number of aromatic amines is 2. The van der Waals surface area contributed by atoms with Crippen molar-refractivity contribution >= 4 is 27.8 Å². The molecule has 5 N–H and O–H groups in total. The second kappa shape index (κ2) is 5.16. The lowest BCUT2D eigenvalue weighted by Gasteiger charge is -2.06. The van der Waals surface area contributed by atoms with Crippen molar-refractivity contribution in [3.63, 3.8) is 0 Å². The fraction of sp³-hybridized carbons (Fsp3) is 0.0588. The molecule has 4 aromatic rings. The fourth-order valence-corrected chi connectivity index (χ4v) is 2.74. The molecule has 0 spiro atoms. The summed E-state index contributed by atoms with van der Waals surface area (Å²) >= 11 is 0. The fourth-order valence-electron chi connectivity index (χ4n) is 2.74. The molecule has 0 saturated carbocycles. The van der Waals surface area contributed by atoms with Crippen LogP contribution in [0.2, 0.25) is 0 Å². The molecule has 0 aliphatic carbocycles. The first kappa shape index (κ1) is 13.4. The number of nitrogens with one attached hydrogen (secondary N) is 2. The number of aliphatic hydroxyl groups excluding tert-OH is 1. The quantitative estimate of drug-likeness (QED) is 0.404. The minimum absolute atomic E-state index is 0.202. The van der Waals surface area contributed by atoms with Crippen LogP contribution in [0.1, 0.15) is 5.56 Å². The number of hydrogen-bond donors (Lipinski definition) is 4. The number of nitrogens with two attached hydrogens (primary N) is 1. The molecule has 0 amide bonds. The Balaban J connectivity index is 2.04. The van der Waals surface area contributed by atoms with Crippen LogP contribution < -0.4 is 5.73 Å². The molecule has 23 heavy (non-hydrogen) atoms. The molecule has 112 valence electrons. The molecule has 0 atom stereocenters. The van der Waals surface area contributed by atoms with Gasteiger partial charge in [0.15, 0.2) is 5.82 Å². The van der Waals surface area contributed by atoms with Gasteiger partial charge in [-0.3, -0.25) is 5.10 Å². The number of H-pyrrole nitrogens is 2. The van der Waals surface area contributed by atoms with E-state index in [1.54, 1.807) is 6.20 Å². The van der Waals surface area contributed by atoms with Gasteiger partial charge >= 0.3 is 0 Å². The third-order valence-corrected chi connectivity index (χ3v) is 3.78. The first-order valence-electron chi connectivity index (χ1n) is 7.07. The Morgan fingerprint density at radius 2 is 2.13 bits per heavy atom. The number of pyridine rings is 1. The Kier molecular flexibility index (Phi) is 3.00. The Morgan fingerprint density at radius 1 is 1.22 bits per heavy atom. The predicted octanol–water partition coefficient (Wildman–Crippen LogP) is 2.03. The molecule has 4 rings (SSSR count). The smallest absolute Gasteiger partial charge is 0.153 e. The van der Waals surface area contributed by atoms with Gasteiger partial charge in [0, 0.05) is 23.2 Å². The number of aromatic nitrogens is 4. The average molecular weight is 303 g/mol. The van der Waals surface area contributed by atoms with Crippen molar-refractivity contribution in [2.75, 3.05) is 12.3 Å². The number of fused-ring (bicyclic) bond motifs is 2. The lowest BCUT2D eigenvalue weighted by molar-refractivity contribution is 0.350. The standard InChI is InChI=1S/C17H13N5O/c18-16-14-9-11(8-10(2-1-7-23)15(14)21-22-16)12-3-5-19-17-13(12)4-6-20-17/h3-6,8-9,23H,7H2,(H,19,20)(H3,18,21,22). The Hall–Kier alpha value is -3.30. The van der Waals surface area contributed by atoms with E-state index in [1.807, 2.05) is 30.5 Å². The van der Waals surface area contributed by atoms with Gasteiger partial charge < -0.3 is 15.8 Å². The highest BCUT2D eigenvalue weighted by Gasteiger charge is 2.12. The summed E-state index contributed by atoms with van der Waals surface area (Å²) in [7, 11) is 0. The van der Waals surface area contributed by atoms with E-state index in [9.17, 15) is 0 Å². The van der Waals surface area contributed by atoms with Crippen LogP contribution in [-0.2, 0) is 0 Å². The highest BCUT2D eigenvalue weighted by molar-refractivity contribution is 6.00. The van der Waals surface area contributed by atoms with Crippen molar-refractivity contribution in [1.29, 1.82) is 0 Å². The van der Waals surface area contributed by atoms with Crippen LogP contribution in [0.3, 0.4) is 0 Å². The van der Waals surface area contributed by atoms with Crippen LogP contribution >= 0.6 is 0 Å². The summed E-state index contributed by atoms with van der Waals surface area (Å²) in [6.45, 7) is -0.202. The van der Waals surface area contributed by atoms with Gasteiger partial charge in [0.05, 0.1) is 11.1 Å². The van der Waals surface area contributed by atoms with Gasteiger partial charge in [-0.15, -0.1) is 0 Å². The molecule has 0 saturated heterocycles. The van der Waals surface area contributed by atoms with Crippen molar-refractivity contribution in [3.8, 4) is 23.0 Å². The van der Waals surface area contributed by atoms with E-state index in [0.29, 0.717) is 5.82 Å². The molecule has 3 aromatic heterocycles. The number of aliphatic hydroxyl groups is 1. The average Bonchev–Trinajstić information content (AvgIpc) is 3.19. The summed E-state index contributed by atoms with van der Waals surface area (Å²) in [6.07, 6.45) is 3.62. The number of anilines is 1. The molecule has 3 heterocycles. The lowest BCUT2D eigenvalue weighted by Crippen LogP contribution is -1.88. The summed E-state index contributed by atoms with van der Waals surface area (Å²) in [6, 6.07) is 7.89. The Bertz CT molecular complexity index is 1080. The molecule has 0 aliphatic heterocycles. The molecule has 0 radical (unpaired) electrons.